The Morgan fingerprint density at radius 3 is 2.31 bits per heavy atom. The summed E-state index contributed by atoms with van der Waals surface area (Å²) in [6, 6.07) is 10.2. The van der Waals surface area contributed by atoms with Crippen LogP contribution in [0.5, 0.6) is 23.0 Å². The number of hydrogen-bond acceptors (Lipinski definition) is 10. The molecule has 0 aliphatic carbocycles. The molecule has 0 aromatic heterocycles. The third-order valence-electron chi connectivity index (χ3n) is 6.07. The maximum absolute atomic E-state index is 11.0. The van der Waals surface area contributed by atoms with Gasteiger partial charge in [0, 0.05) is 0 Å². The molecule has 35 heavy (non-hydrogen) atoms. The molecule has 4 N–H and O–H groups in total. The van der Waals surface area contributed by atoms with E-state index in [1.54, 1.807) is 12.1 Å². The summed E-state index contributed by atoms with van der Waals surface area (Å²) >= 11 is 0. The van der Waals surface area contributed by atoms with Gasteiger partial charge in [-0.25, -0.2) is 0 Å². The van der Waals surface area contributed by atoms with E-state index in [-0.39, 0.29) is 11.5 Å². The number of hydrogen-bond donors (Lipinski definition) is 4. The average Bonchev–Trinajstić information content (AvgIpc) is 3.66. The number of ether oxygens (including phenoxy) is 6. The van der Waals surface area contributed by atoms with E-state index in [9.17, 15) is 20.4 Å². The largest absolute Gasteiger partial charge is 0.493 e. The van der Waals surface area contributed by atoms with Crippen LogP contribution >= 0.6 is 0 Å². The van der Waals surface area contributed by atoms with Gasteiger partial charge in [-0.2, -0.15) is 0 Å². The van der Waals surface area contributed by atoms with Crippen LogP contribution in [0.15, 0.2) is 36.4 Å². The van der Waals surface area contributed by atoms with Crippen LogP contribution in [0.4, 0.5) is 0 Å². The van der Waals surface area contributed by atoms with Crippen molar-refractivity contribution in [3.05, 3.63) is 47.5 Å². The van der Waals surface area contributed by atoms with Crippen LogP contribution in [0.3, 0.4) is 0 Å². The molecule has 0 spiro atoms. The number of aryl methyl sites for hydroxylation is 1. The van der Waals surface area contributed by atoms with Gasteiger partial charge >= 0.3 is 0 Å². The zero-order chi connectivity index (χ0) is 25.1. The molecule has 7 atom stereocenters. The number of aliphatic hydroxyl groups is 4. The Labute approximate surface area is 203 Å². The molecule has 2 aromatic carbocycles. The predicted octanol–water partition coefficient (Wildman–Crippen LogP) is 1.31. The molecule has 2 aliphatic heterocycles. The van der Waals surface area contributed by atoms with Crippen LogP contribution in [-0.2, 0) is 15.9 Å². The molecule has 0 radical (unpaired) electrons. The Bertz CT molecular complexity index is 998. The molecule has 2 saturated heterocycles. The van der Waals surface area contributed by atoms with E-state index < -0.39 is 49.7 Å². The Hall–Kier alpha value is -2.60. The molecule has 0 amide bonds. The molecule has 0 bridgehead atoms. The van der Waals surface area contributed by atoms with E-state index in [1.807, 2.05) is 12.1 Å². The molecular formula is C25H32O10. The van der Waals surface area contributed by atoms with Crippen LogP contribution in [0.25, 0.3) is 0 Å². The lowest BCUT2D eigenvalue weighted by molar-refractivity contribution is -0.207. The van der Waals surface area contributed by atoms with Gasteiger partial charge in [0.1, 0.15) is 24.4 Å². The number of fused-ring (bicyclic) bond motifs is 1. The summed E-state index contributed by atoms with van der Waals surface area (Å²) in [5, 5.41) is 41.1. The first kappa shape index (κ1) is 25.5. The lowest BCUT2D eigenvalue weighted by Gasteiger charge is -2.30. The summed E-state index contributed by atoms with van der Waals surface area (Å²) in [6.07, 6.45) is -5.07. The van der Waals surface area contributed by atoms with Gasteiger partial charge in [0.2, 0.25) is 6.29 Å². The molecule has 10 heteroatoms. The monoisotopic (exact) mass is 492 g/mol. The van der Waals surface area contributed by atoms with Gasteiger partial charge in [-0.15, -0.1) is 0 Å². The van der Waals surface area contributed by atoms with E-state index in [1.165, 1.54) is 26.4 Å². The molecule has 0 saturated carbocycles. The minimum atomic E-state index is -1.31. The van der Waals surface area contributed by atoms with E-state index in [4.69, 9.17) is 28.4 Å². The third-order valence-corrected chi connectivity index (χ3v) is 6.07. The molecule has 2 aliphatic rings. The van der Waals surface area contributed by atoms with Crippen molar-refractivity contribution in [2.45, 2.75) is 62.9 Å². The van der Waals surface area contributed by atoms with Gasteiger partial charge in [0.15, 0.2) is 35.4 Å². The fraction of sp³-hybridized carbons (Fsp3) is 0.520. The van der Waals surface area contributed by atoms with Crippen molar-refractivity contribution in [2.75, 3.05) is 20.8 Å². The smallest absolute Gasteiger partial charge is 0.231 e. The SMILES string of the molecule is CCCc1ccc(OC(CO)C(O)c2ccc(OC3OC4OC4C(O)C3O)c(OC)c2)c(OC)c1. The fourth-order valence-corrected chi connectivity index (χ4v) is 4.05. The Morgan fingerprint density at radius 2 is 1.63 bits per heavy atom. The second kappa shape index (κ2) is 11.0. The quantitative estimate of drug-likeness (QED) is 0.340. The highest BCUT2D eigenvalue weighted by Crippen LogP contribution is 2.39. The Kier molecular flexibility index (Phi) is 8.00. The number of aliphatic hydroxyl groups excluding tert-OH is 4. The Morgan fingerprint density at radius 1 is 0.914 bits per heavy atom. The van der Waals surface area contributed by atoms with Crippen LogP contribution in [-0.4, -0.2) is 78.2 Å². The molecule has 7 unspecified atom stereocenters. The van der Waals surface area contributed by atoms with Crippen molar-refractivity contribution in [2.24, 2.45) is 0 Å². The van der Waals surface area contributed by atoms with E-state index in [2.05, 4.69) is 6.92 Å². The van der Waals surface area contributed by atoms with Gasteiger partial charge in [-0.3, -0.25) is 0 Å². The molecule has 2 aromatic rings. The second-order valence-electron chi connectivity index (χ2n) is 8.50. The normalized spacial score (nSPS) is 26.9. The third kappa shape index (κ3) is 5.48. The first-order valence-electron chi connectivity index (χ1n) is 11.5. The summed E-state index contributed by atoms with van der Waals surface area (Å²) in [5.74, 6) is 1.40. The summed E-state index contributed by atoms with van der Waals surface area (Å²) in [5.41, 5.74) is 1.51. The topological polar surface area (TPSA) is 140 Å². The van der Waals surface area contributed by atoms with Crippen molar-refractivity contribution >= 4 is 0 Å². The summed E-state index contributed by atoms with van der Waals surface area (Å²) in [4.78, 5) is 0. The maximum Gasteiger partial charge on any atom is 0.231 e. The van der Waals surface area contributed by atoms with Gasteiger partial charge < -0.3 is 48.8 Å². The molecule has 192 valence electrons. The lowest BCUT2D eigenvalue weighted by atomic mass is 10.0. The molecule has 2 fully saturated rings. The van der Waals surface area contributed by atoms with Gasteiger partial charge in [-0.1, -0.05) is 25.5 Å². The van der Waals surface area contributed by atoms with E-state index in [0.29, 0.717) is 17.1 Å². The summed E-state index contributed by atoms with van der Waals surface area (Å²) < 4.78 is 33.1. The summed E-state index contributed by atoms with van der Waals surface area (Å²) in [7, 11) is 2.96. The zero-order valence-electron chi connectivity index (χ0n) is 19.9. The first-order valence-corrected chi connectivity index (χ1v) is 11.5. The van der Waals surface area contributed by atoms with Crippen molar-refractivity contribution < 1.29 is 48.8 Å². The number of epoxide rings is 1. The van der Waals surface area contributed by atoms with Crippen molar-refractivity contribution in [1.29, 1.82) is 0 Å². The van der Waals surface area contributed by atoms with Crippen molar-refractivity contribution in [1.82, 2.24) is 0 Å². The van der Waals surface area contributed by atoms with Crippen molar-refractivity contribution in [3.8, 4) is 23.0 Å². The highest BCUT2D eigenvalue weighted by molar-refractivity contribution is 5.45. The van der Waals surface area contributed by atoms with Crippen molar-refractivity contribution in [3.63, 3.8) is 0 Å². The predicted molar refractivity (Wildman–Crippen MR) is 123 cm³/mol. The van der Waals surface area contributed by atoms with Crippen LogP contribution < -0.4 is 18.9 Å². The number of rotatable bonds is 11. The maximum atomic E-state index is 11.0. The molecule has 4 rings (SSSR count). The Balaban J connectivity index is 1.48. The van der Waals surface area contributed by atoms with Crippen LogP contribution in [0.1, 0.15) is 30.6 Å². The highest BCUT2D eigenvalue weighted by atomic mass is 16.8. The lowest BCUT2D eigenvalue weighted by Crippen LogP contribution is -2.50. The highest BCUT2D eigenvalue weighted by Gasteiger charge is 2.57. The van der Waals surface area contributed by atoms with Gasteiger partial charge in [0.05, 0.1) is 20.8 Å². The first-order chi connectivity index (χ1) is 16.9. The standard InChI is InChI=1S/C25H32O10/c1-4-5-13-6-8-15(17(10-13)30-2)32-19(12-26)20(27)14-7-9-16(18(11-14)31-3)33-24-22(29)21(28)23-25(34-23)35-24/h6-11,19-29H,4-5,12H2,1-3H3. The second-order valence-corrected chi connectivity index (χ2v) is 8.50. The zero-order valence-corrected chi connectivity index (χ0v) is 19.9. The van der Waals surface area contributed by atoms with Crippen LogP contribution in [0.2, 0.25) is 0 Å². The summed E-state index contributed by atoms with van der Waals surface area (Å²) in [6.45, 7) is 1.63. The van der Waals surface area contributed by atoms with Crippen LogP contribution in [0, 0.1) is 0 Å². The molecule has 2 heterocycles. The van der Waals surface area contributed by atoms with E-state index >= 15 is 0 Å². The van der Waals surface area contributed by atoms with Gasteiger partial charge in [0.25, 0.3) is 0 Å². The number of methoxy groups -OCH3 is 2. The minimum Gasteiger partial charge on any atom is -0.493 e. The molecular weight excluding hydrogens is 460 g/mol. The van der Waals surface area contributed by atoms with E-state index in [0.717, 1.165) is 18.4 Å². The number of benzene rings is 2. The fourth-order valence-electron chi connectivity index (χ4n) is 4.05. The molecule has 10 nitrogen and oxygen atoms in total. The average molecular weight is 493 g/mol. The minimum absolute atomic E-state index is 0.230. The van der Waals surface area contributed by atoms with Gasteiger partial charge in [-0.05, 0) is 41.8 Å².